The number of rotatable bonds is 4. The highest BCUT2D eigenvalue weighted by Gasteiger charge is 2.23. The maximum absolute atomic E-state index is 9.21. The number of hydrogen-bond donors (Lipinski definition) is 3. The van der Waals surface area contributed by atoms with Crippen molar-refractivity contribution in [3.8, 4) is 0 Å². The van der Waals surface area contributed by atoms with Gasteiger partial charge in [-0.2, -0.15) is 0 Å². The molecule has 0 bridgehead atoms. The quantitative estimate of drug-likeness (QED) is 0.505. The van der Waals surface area contributed by atoms with Crippen LogP contribution in [0.5, 0.6) is 0 Å². The Morgan fingerprint density at radius 1 is 1.56 bits per heavy atom. The third kappa shape index (κ3) is 2.49. The molecule has 5 heteroatoms. The summed E-state index contributed by atoms with van der Waals surface area (Å²) in [6.07, 6.45) is 4.08. The van der Waals surface area contributed by atoms with E-state index < -0.39 is 0 Å². The Morgan fingerprint density at radius 3 is 3.06 bits per heavy atom. The van der Waals surface area contributed by atoms with E-state index in [4.69, 9.17) is 5.84 Å². The minimum atomic E-state index is 0.246. The summed E-state index contributed by atoms with van der Waals surface area (Å²) < 4.78 is 0. The molecule has 88 valence electrons. The third-order valence-electron chi connectivity index (χ3n) is 3.07. The van der Waals surface area contributed by atoms with E-state index in [1.54, 1.807) is 0 Å². The number of nitrogens with two attached hydrogens (primary N) is 1. The summed E-state index contributed by atoms with van der Waals surface area (Å²) in [4.78, 5) is 6.46. The second-order valence-corrected chi connectivity index (χ2v) is 4.15. The summed E-state index contributed by atoms with van der Waals surface area (Å²) in [7, 11) is 0. The standard InChI is InChI=1S/C11H18N4O/c12-14-11-4-3-9(6-13-11)7-15-5-1-2-10(15)8-16/h3-4,6,10,16H,1-2,5,7-8,12H2,(H,13,14). The molecule has 0 amide bonds. The second kappa shape index (κ2) is 5.25. The molecule has 0 radical (unpaired) electrons. The Kier molecular flexibility index (Phi) is 3.71. The first-order valence-electron chi connectivity index (χ1n) is 5.60. The van der Waals surface area contributed by atoms with Crippen LogP contribution in [-0.2, 0) is 6.54 Å². The SMILES string of the molecule is NNc1ccc(CN2CCCC2CO)cn1. The molecule has 1 fully saturated rings. The van der Waals surface area contributed by atoms with Crippen LogP contribution < -0.4 is 11.3 Å². The Bertz CT molecular complexity index is 327. The molecule has 1 aromatic heterocycles. The summed E-state index contributed by atoms with van der Waals surface area (Å²) in [6, 6.07) is 4.18. The molecule has 1 unspecified atom stereocenters. The largest absolute Gasteiger partial charge is 0.395 e. The molecule has 16 heavy (non-hydrogen) atoms. The zero-order valence-corrected chi connectivity index (χ0v) is 9.26. The van der Waals surface area contributed by atoms with Crippen molar-refractivity contribution in [1.82, 2.24) is 9.88 Å². The van der Waals surface area contributed by atoms with Gasteiger partial charge in [0.05, 0.1) is 6.61 Å². The van der Waals surface area contributed by atoms with Gasteiger partial charge in [-0.3, -0.25) is 4.90 Å². The van der Waals surface area contributed by atoms with Crippen molar-refractivity contribution < 1.29 is 5.11 Å². The monoisotopic (exact) mass is 222 g/mol. The van der Waals surface area contributed by atoms with Crippen LogP contribution >= 0.6 is 0 Å². The Balaban J connectivity index is 1.97. The van der Waals surface area contributed by atoms with Crippen LogP contribution in [0.2, 0.25) is 0 Å². The highest BCUT2D eigenvalue weighted by atomic mass is 16.3. The van der Waals surface area contributed by atoms with Crippen LogP contribution in [0.4, 0.5) is 5.82 Å². The molecule has 5 nitrogen and oxygen atoms in total. The number of aliphatic hydroxyl groups is 1. The molecule has 2 heterocycles. The number of aromatic nitrogens is 1. The number of nitrogen functional groups attached to an aromatic ring is 1. The van der Waals surface area contributed by atoms with Crippen LogP contribution in [0.25, 0.3) is 0 Å². The van der Waals surface area contributed by atoms with Gasteiger partial charge >= 0.3 is 0 Å². The van der Waals surface area contributed by atoms with Crippen LogP contribution in [0.1, 0.15) is 18.4 Å². The molecule has 0 aliphatic carbocycles. The number of nitrogens with one attached hydrogen (secondary N) is 1. The van der Waals surface area contributed by atoms with Crippen molar-refractivity contribution in [2.75, 3.05) is 18.6 Å². The van der Waals surface area contributed by atoms with Gasteiger partial charge in [0.25, 0.3) is 0 Å². The van der Waals surface area contributed by atoms with Crippen molar-refractivity contribution in [3.63, 3.8) is 0 Å². The number of hydrogen-bond acceptors (Lipinski definition) is 5. The third-order valence-corrected chi connectivity index (χ3v) is 3.07. The number of aliphatic hydroxyl groups excluding tert-OH is 1. The molecule has 1 saturated heterocycles. The van der Waals surface area contributed by atoms with Crippen LogP contribution in [-0.4, -0.2) is 34.2 Å². The molecule has 1 aliphatic rings. The lowest BCUT2D eigenvalue weighted by molar-refractivity contribution is 0.153. The van der Waals surface area contributed by atoms with E-state index in [-0.39, 0.29) is 6.61 Å². The van der Waals surface area contributed by atoms with Crippen LogP contribution in [0.15, 0.2) is 18.3 Å². The molecular formula is C11H18N4O. The summed E-state index contributed by atoms with van der Waals surface area (Å²) >= 11 is 0. The van der Waals surface area contributed by atoms with Gasteiger partial charge in [0.1, 0.15) is 5.82 Å². The van der Waals surface area contributed by atoms with Gasteiger partial charge in [-0.1, -0.05) is 6.07 Å². The van der Waals surface area contributed by atoms with Gasteiger partial charge in [-0.05, 0) is 31.0 Å². The second-order valence-electron chi connectivity index (χ2n) is 4.15. The normalized spacial score (nSPS) is 21.2. The van der Waals surface area contributed by atoms with Crippen LogP contribution in [0, 0.1) is 0 Å². The maximum atomic E-state index is 9.21. The highest BCUT2D eigenvalue weighted by molar-refractivity contribution is 5.33. The molecule has 4 N–H and O–H groups in total. The molecule has 0 saturated carbocycles. The topological polar surface area (TPSA) is 74.4 Å². The predicted octanol–water partition coefficient (Wildman–Crippen LogP) is 0.324. The lowest BCUT2D eigenvalue weighted by Crippen LogP contribution is -2.31. The average Bonchev–Trinajstić information content (AvgIpc) is 2.77. The number of likely N-dealkylation sites (tertiary alicyclic amines) is 1. The Morgan fingerprint density at radius 2 is 2.44 bits per heavy atom. The smallest absolute Gasteiger partial charge is 0.139 e. The van der Waals surface area contributed by atoms with Gasteiger partial charge in [-0.25, -0.2) is 10.8 Å². The number of hydrazine groups is 1. The molecule has 1 aliphatic heterocycles. The number of pyridine rings is 1. The molecular weight excluding hydrogens is 204 g/mol. The summed E-state index contributed by atoms with van der Waals surface area (Å²) in [5.41, 5.74) is 3.66. The highest BCUT2D eigenvalue weighted by Crippen LogP contribution is 2.19. The lowest BCUT2D eigenvalue weighted by atomic mass is 10.2. The van der Waals surface area contributed by atoms with Gasteiger partial charge in [0, 0.05) is 18.8 Å². The maximum Gasteiger partial charge on any atom is 0.139 e. The minimum absolute atomic E-state index is 0.246. The van der Waals surface area contributed by atoms with Crippen LogP contribution in [0.3, 0.4) is 0 Å². The fourth-order valence-corrected chi connectivity index (χ4v) is 2.15. The molecule has 0 spiro atoms. The molecule has 0 aromatic carbocycles. The van der Waals surface area contributed by atoms with E-state index in [0.717, 1.165) is 25.1 Å². The Labute approximate surface area is 95.2 Å². The fourth-order valence-electron chi connectivity index (χ4n) is 2.15. The zero-order valence-electron chi connectivity index (χ0n) is 9.26. The summed E-state index contributed by atoms with van der Waals surface area (Å²) in [5.74, 6) is 5.92. The average molecular weight is 222 g/mol. The van der Waals surface area contributed by atoms with E-state index in [1.165, 1.54) is 6.42 Å². The minimum Gasteiger partial charge on any atom is -0.395 e. The summed E-state index contributed by atoms with van der Waals surface area (Å²) in [5, 5.41) is 9.21. The first-order chi connectivity index (χ1) is 7.83. The van der Waals surface area contributed by atoms with Gasteiger partial charge < -0.3 is 10.5 Å². The molecule has 2 rings (SSSR count). The van der Waals surface area contributed by atoms with E-state index in [0.29, 0.717) is 11.9 Å². The first-order valence-corrected chi connectivity index (χ1v) is 5.60. The predicted molar refractivity (Wildman–Crippen MR) is 62.6 cm³/mol. The van der Waals surface area contributed by atoms with Crippen molar-refractivity contribution in [2.24, 2.45) is 5.84 Å². The van der Waals surface area contributed by atoms with Crippen molar-refractivity contribution >= 4 is 5.82 Å². The van der Waals surface area contributed by atoms with Crippen molar-refractivity contribution in [2.45, 2.75) is 25.4 Å². The van der Waals surface area contributed by atoms with E-state index in [9.17, 15) is 5.11 Å². The number of anilines is 1. The lowest BCUT2D eigenvalue weighted by Gasteiger charge is -2.22. The first kappa shape index (κ1) is 11.3. The Hall–Kier alpha value is -1.17. The molecule has 1 aromatic rings. The van der Waals surface area contributed by atoms with E-state index in [2.05, 4.69) is 15.3 Å². The van der Waals surface area contributed by atoms with Gasteiger partial charge in [-0.15, -0.1) is 0 Å². The fraction of sp³-hybridized carbons (Fsp3) is 0.545. The van der Waals surface area contributed by atoms with Crippen molar-refractivity contribution in [3.05, 3.63) is 23.9 Å². The van der Waals surface area contributed by atoms with Gasteiger partial charge in [0.2, 0.25) is 0 Å². The van der Waals surface area contributed by atoms with Crippen molar-refractivity contribution in [1.29, 1.82) is 0 Å². The van der Waals surface area contributed by atoms with Gasteiger partial charge in [0.15, 0.2) is 0 Å². The van der Waals surface area contributed by atoms with E-state index >= 15 is 0 Å². The summed E-state index contributed by atoms with van der Waals surface area (Å²) in [6.45, 7) is 2.15. The molecule has 1 atom stereocenters. The van der Waals surface area contributed by atoms with E-state index in [1.807, 2.05) is 18.3 Å². The number of nitrogens with zero attached hydrogens (tertiary/aromatic N) is 2. The zero-order chi connectivity index (χ0) is 11.4.